The summed E-state index contributed by atoms with van der Waals surface area (Å²) in [6, 6.07) is 12.1. The molecule has 0 radical (unpaired) electrons. The van der Waals surface area contributed by atoms with Crippen molar-refractivity contribution in [1.82, 2.24) is 5.32 Å². The summed E-state index contributed by atoms with van der Waals surface area (Å²) in [5.41, 5.74) is 2.32. The van der Waals surface area contributed by atoms with Gasteiger partial charge in [0.1, 0.15) is 5.75 Å². The number of rotatable bonds is 5. The summed E-state index contributed by atoms with van der Waals surface area (Å²) in [5, 5.41) is 4.17. The molecule has 4 nitrogen and oxygen atoms in total. The molecule has 1 saturated heterocycles. The van der Waals surface area contributed by atoms with Crippen LogP contribution in [-0.4, -0.2) is 34.4 Å². The first-order valence-electron chi connectivity index (χ1n) is 7.94. The van der Waals surface area contributed by atoms with Gasteiger partial charge in [-0.15, -0.1) is 0 Å². The van der Waals surface area contributed by atoms with Gasteiger partial charge in [-0.1, -0.05) is 29.8 Å². The van der Waals surface area contributed by atoms with Gasteiger partial charge in [-0.2, -0.15) is 0 Å². The van der Waals surface area contributed by atoms with Crippen LogP contribution in [0.2, 0.25) is 5.02 Å². The van der Waals surface area contributed by atoms with Crippen LogP contribution in [0.5, 0.6) is 17.2 Å². The first-order chi connectivity index (χ1) is 11.7. The molecule has 2 atom stereocenters. The summed E-state index contributed by atoms with van der Waals surface area (Å²) in [7, 11) is 4.95. The lowest BCUT2D eigenvalue weighted by Crippen LogP contribution is -2.10. The summed E-state index contributed by atoms with van der Waals surface area (Å²) in [6.45, 7) is 1.78. The molecule has 2 aromatic rings. The molecule has 1 N–H and O–H groups in total. The van der Waals surface area contributed by atoms with E-state index in [4.69, 9.17) is 25.8 Å². The highest BCUT2D eigenvalue weighted by Gasteiger charge is 2.32. The Balaban J connectivity index is 1.97. The lowest BCUT2D eigenvalue weighted by molar-refractivity contribution is 0.354. The molecular formula is C19H22ClNO3. The second-order valence-corrected chi connectivity index (χ2v) is 6.23. The van der Waals surface area contributed by atoms with E-state index < -0.39 is 0 Å². The Morgan fingerprint density at radius 1 is 0.875 bits per heavy atom. The van der Waals surface area contributed by atoms with Crippen molar-refractivity contribution in [3.8, 4) is 17.2 Å². The number of halogens is 1. The molecule has 2 aromatic carbocycles. The van der Waals surface area contributed by atoms with Crippen molar-refractivity contribution in [2.75, 3.05) is 34.4 Å². The quantitative estimate of drug-likeness (QED) is 0.892. The Morgan fingerprint density at radius 2 is 1.58 bits per heavy atom. The number of hydrogen-bond acceptors (Lipinski definition) is 4. The molecule has 0 aromatic heterocycles. The average molecular weight is 348 g/mol. The fourth-order valence-corrected chi connectivity index (χ4v) is 3.75. The number of methoxy groups -OCH3 is 3. The monoisotopic (exact) mass is 347 g/mol. The molecule has 1 aliphatic heterocycles. The molecule has 0 saturated carbocycles. The number of nitrogens with one attached hydrogen (secondary N) is 1. The number of hydrogen-bond donors (Lipinski definition) is 1. The van der Waals surface area contributed by atoms with Crippen LogP contribution in [0.3, 0.4) is 0 Å². The van der Waals surface area contributed by atoms with E-state index in [1.54, 1.807) is 21.3 Å². The highest BCUT2D eigenvalue weighted by Crippen LogP contribution is 2.43. The van der Waals surface area contributed by atoms with Crippen molar-refractivity contribution in [2.24, 2.45) is 0 Å². The Morgan fingerprint density at radius 3 is 2.29 bits per heavy atom. The fourth-order valence-electron chi connectivity index (χ4n) is 3.41. The zero-order valence-corrected chi connectivity index (χ0v) is 14.9. The molecule has 0 bridgehead atoms. The minimum absolute atomic E-state index is 0.283. The van der Waals surface area contributed by atoms with E-state index in [0.717, 1.165) is 30.2 Å². The number of ether oxygens (including phenoxy) is 3. The SMILES string of the molecule is COc1ccc(C2CNCC2c2cccc(OC)c2Cl)cc1OC. The second-order valence-electron chi connectivity index (χ2n) is 5.85. The predicted octanol–water partition coefficient (Wildman–Crippen LogP) is 3.84. The first kappa shape index (κ1) is 16.9. The molecule has 1 fully saturated rings. The standard InChI is InChI=1S/C19H22ClNO3/c1-22-16-8-7-12(9-18(16)24-3)14-10-21-11-15(14)13-5-4-6-17(23-2)19(13)20/h4-9,14-15,21H,10-11H2,1-3H3. The van der Waals surface area contributed by atoms with Gasteiger partial charge in [0.05, 0.1) is 26.4 Å². The van der Waals surface area contributed by atoms with Crippen LogP contribution in [-0.2, 0) is 0 Å². The molecule has 3 rings (SSSR count). The van der Waals surface area contributed by atoms with Crippen LogP contribution in [0, 0.1) is 0 Å². The largest absolute Gasteiger partial charge is 0.495 e. The third-order valence-electron chi connectivity index (χ3n) is 4.66. The van der Waals surface area contributed by atoms with Gasteiger partial charge < -0.3 is 19.5 Å². The van der Waals surface area contributed by atoms with Crippen LogP contribution in [0.15, 0.2) is 36.4 Å². The van der Waals surface area contributed by atoms with E-state index in [0.29, 0.717) is 16.7 Å². The van der Waals surface area contributed by atoms with Gasteiger partial charge in [0.15, 0.2) is 11.5 Å². The van der Waals surface area contributed by atoms with Crippen molar-refractivity contribution in [3.05, 3.63) is 52.5 Å². The van der Waals surface area contributed by atoms with Crippen molar-refractivity contribution in [1.29, 1.82) is 0 Å². The average Bonchev–Trinajstić information content (AvgIpc) is 3.10. The molecular weight excluding hydrogens is 326 g/mol. The van der Waals surface area contributed by atoms with Crippen LogP contribution in [0.1, 0.15) is 23.0 Å². The third-order valence-corrected chi connectivity index (χ3v) is 5.07. The van der Waals surface area contributed by atoms with Crippen molar-refractivity contribution < 1.29 is 14.2 Å². The summed E-state index contributed by atoms with van der Waals surface area (Å²) in [4.78, 5) is 0. The smallest absolute Gasteiger partial charge is 0.160 e. The zero-order chi connectivity index (χ0) is 17.1. The summed E-state index contributed by atoms with van der Waals surface area (Å²) >= 11 is 6.55. The lowest BCUT2D eigenvalue weighted by atomic mass is 9.84. The Labute approximate surface area is 147 Å². The molecule has 5 heteroatoms. The summed E-state index contributed by atoms with van der Waals surface area (Å²) in [6.07, 6.45) is 0. The van der Waals surface area contributed by atoms with Crippen LogP contribution >= 0.6 is 11.6 Å². The molecule has 1 heterocycles. The van der Waals surface area contributed by atoms with E-state index in [-0.39, 0.29) is 5.92 Å². The fraction of sp³-hybridized carbons (Fsp3) is 0.368. The van der Waals surface area contributed by atoms with Crippen molar-refractivity contribution in [3.63, 3.8) is 0 Å². The van der Waals surface area contributed by atoms with E-state index in [9.17, 15) is 0 Å². The molecule has 128 valence electrons. The highest BCUT2D eigenvalue weighted by molar-refractivity contribution is 6.32. The maximum Gasteiger partial charge on any atom is 0.160 e. The van der Waals surface area contributed by atoms with Gasteiger partial charge in [0.2, 0.25) is 0 Å². The Bertz CT molecular complexity index is 720. The van der Waals surface area contributed by atoms with Crippen molar-refractivity contribution in [2.45, 2.75) is 11.8 Å². The van der Waals surface area contributed by atoms with Gasteiger partial charge in [-0.05, 0) is 29.3 Å². The maximum atomic E-state index is 6.55. The zero-order valence-electron chi connectivity index (χ0n) is 14.1. The van der Waals surface area contributed by atoms with E-state index in [1.807, 2.05) is 18.2 Å². The highest BCUT2D eigenvalue weighted by atomic mass is 35.5. The van der Waals surface area contributed by atoms with E-state index in [2.05, 4.69) is 23.5 Å². The number of benzene rings is 2. The summed E-state index contributed by atoms with van der Waals surface area (Å²) in [5.74, 6) is 2.80. The molecule has 2 unspecified atom stereocenters. The van der Waals surface area contributed by atoms with Gasteiger partial charge in [-0.25, -0.2) is 0 Å². The molecule has 1 aliphatic rings. The maximum absolute atomic E-state index is 6.55. The van der Waals surface area contributed by atoms with Gasteiger partial charge >= 0.3 is 0 Å². The normalized spacial score (nSPS) is 20.0. The Kier molecular flexibility index (Phi) is 5.17. The van der Waals surface area contributed by atoms with E-state index >= 15 is 0 Å². The van der Waals surface area contributed by atoms with Crippen LogP contribution in [0.25, 0.3) is 0 Å². The van der Waals surface area contributed by atoms with Gasteiger partial charge in [0.25, 0.3) is 0 Å². The van der Waals surface area contributed by atoms with Crippen LogP contribution in [0.4, 0.5) is 0 Å². The minimum atomic E-state index is 0.283. The van der Waals surface area contributed by atoms with Gasteiger partial charge in [-0.3, -0.25) is 0 Å². The molecule has 0 amide bonds. The topological polar surface area (TPSA) is 39.7 Å². The minimum Gasteiger partial charge on any atom is -0.495 e. The molecule has 24 heavy (non-hydrogen) atoms. The van der Waals surface area contributed by atoms with Crippen LogP contribution < -0.4 is 19.5 Å². The van der Waals surface area contributed by atoms with E-state index in [1.165, 1.54) is 5.56 Å². The summed E-state index contributed by atoms with van der Waals surface area (Å²) < 4.78 is 16.1. The third kappa shape index (κ3) is 3.04. The molecule has 0 aliphatic carbocycles. The lowest BCUT2D eigenvalue weighted by Gasteiger charge is -2.22. The first-order valence-corrected chi connectivity index (χ1v) is 8.32. The Hall–Kier alpha value is -1.91. The van der Waals surface area contributed by atoms with Gasteiger partial charge in [0, 0.05) is 24.9 Å². The molecule has 0 spiro atoms. The second kappa shape index (κ2) is 7.32. The predicted molar refractivity (Wildman–Crippen MR) is 95.9 cm³/mol. The van der Waals surface area contributed by atoms with Crippen molar-refractivity contribution >= 4 is 11.6 Å².